The molecular formula is C16H11ClF3N3O2. The van der Waals surface area contributed by atoms with Gasteiger partial charge in [0.2, 0.25) is 0 Å². The molecule has 0 saturated heterocycles. The van der Waals surface area contributed by atoms with E-state index in [-0.39, 0.29) is 5.82 Å². The van der Waals surface area contributed by atoms with E-state index in [2.05, 4.69) is 10.2 Å². The second-order valence-corrected chi connectivity index (χ2v) is 5.52. The minimum Gasteiger partial charge on any atom is -0.495 e. The molecule has 25 heavy (non-hydrogen) atoms. The van der Waals surface area contributed by atoms with Crippen molar-refractivity contribution in [3.05, 3.63) is 63.5 Å². The highest BCUT2D eigenvalue weighted by Gasteiger charge is 2.30. The molecule has 3 aromatic rings. The van der Waals surface area contributed by atoms with Crippen LogP contribution in [0, 0.1) is 0 Å². The minimum atomic E-state index is -4.44. The summed E-state index contributed by atoms with van der Waals surface area (Å²) in [6, 6.07) is 9.01. The highest BCUT2D eigenvalue weighted by molar-refractivity contribution is 6.30. The first kappa shape index (κ1) is 17.1. The Balaban J connectivity index is 2.16. The Morgan fingerprint density at radius 3 is 2.44 bits per heavy atom. The lowest BCUT2D eigenvalue weighted by Gasteiger charge is -2.12. The van der Waals surface area contributed by atoms with Crippen molar-refractivity contribution in [3.63, 3.8) is 0 Å². The quantitative estimate of drug-likeness (QED) is 0.761. The number of nitrogens with one attached hydrogen (secondary N) is 1. The van der Waals surface area contributed by atoms with Crippen LogP contribution in [0.1, 0.15) is 5.56 Å². The number of nitrogens with zero attached hydrogens (tertiary/aromatic N) is 2. The molecule has 0 atom stereocenters. The lowest BCUT2D eigenvalue weighted by Crippen LogP contribution is -2.16. The molecule has 9 heteroatoms. The van der Waals surface area contributed by atoms with Gasteiger partial charge in [-0.2, -0.15) is 18.3 Å². The molecule has 130 valence electrons. The Morgan fingerprint density at radius 1 is 1.16 bits per heavy atom. The van der Waals surface area contributed by atoms with Gasteiger partial charge in [0.1, 0.15) is 5.75 Å². The van der Waals surface area contributed by atoms with E-state index >= 15 is 0 Å². The summed E-state index contributed by atoms with van der Waals surface area (Å²) >= 11 is 5.99. The molecule has 0 aliphatic heterocycles. The molecule has 0 saturated carbocycles. The zero-order chi connectivity index (χ0) is 18.2. The molecule has 0 bridgehead atoms. The number of H-pyrrole nitrogens is 1. The Kier molecular flexibility index (Phi) is 4.30. The first-order valence-electron chi connectivity index (χ1n) is 7.00. The highest BCUT2D eigenvalue weighted by atomic mass is 35.5. The van der Waals surface area contributed by atoms with Crippen LogP contribution in [0.5, 0.6) is 5.75 Å². The Morgan fingerprint density at radius 2 is 1.84 bits per heavy atom. The molecular weight excluding hydrogens is 359 g/mol. The van der Waals surface area contributed by atoms with Crippen LogP contribution in [-0.4, -0.2) is 21.9 Å². The number of hydrogen-bond donors (Lipinski definition) is 1. The summed E-state index contributed by atoms with van der Waals surface area (Å²) in [6.45, 7) is 0. The van der Waals surface area contributed by atoms with Crippen LogP contribution in [0.3, 0.4) is 0 Å². The third-order valence-corrected chi connectivity index (χ3v) is 3.76. The van der Waals surface area contributed by atoms with E-state index in [1.165, 1.54) is 29.9 Å². The smallest absolute Gasteiger partial charge is 0.416 e. The molecule has 2 aromatic carbocycles. The first-order chi connectivity index (χ1) is 11.8. The lowest BCUT2D eigenvalue weighted by atomic mass is 10.1. The summed E-state index contributed by atoms with van der Waals surface area (Å²) in [5, 5.41) is 6.55. The number of benzene rings is 2. The van der Waals surface area contributed by atoms with Crippen molar-refractivity contribution < 1.29 is 17.9 Å². The Labute approximate surface area is 144 Å². The van der Waals surface area contributed by atoms with Gasteiger partial charge in [0.25, 0.3) is 0 Å². The number of rotatable bonds is 3. The van der Waals surface area contributed by atoms with E-state index in [1.807, 2.05) is 0 Å². The van der Waals surface area contributed by atoms with Crippen molar-refractivity contribution in [1.29, 1.82) is 0 Å². The third-order valence-electron chi connectivity index (χ3n) is 3.52. The Hall–Kier alpha value is -2.74. The fraction of sp³-hybridized carbons (Fsp3) is 0.125. The number of ether oxygens (including phenoxy) is 1. The van der Waals surface area contributed by atoms with E-state index in [1.54, 1.807) is 12.1 Å². The summed E-state index contributed by atoms with van der Waals surface area (Å²) in [5.74, 6) is 0.500. The predicted molar refractivity (Wildman–Crippen MR) is 86.2 cm³/mol. The number of methoxy groups -OCH3 is 1. The molecule has 5 nitrogen and oxygen atoms in total. The second kappa shape index (κ2) is 6.29. The van der Waals surface area contributed by atoms with Crippen molar-refractivity contribution in [2.24, 2.45) is 0 Å². The summed E-state index contributed by atoms with van der Waals surface area (Å²) in [5.41, 5.74) is -0.714. The standard InChI is InChI=1S/C16H11ClF3N3O2/c1-25-13-7-6-11(17)8-12(13)23-14(21-22-15(23)24)9-2-4-10(5-3-9)16(18,19)20/h2-8H,1H3,(H,22,24). The van der Waals surface area contributed by atoms with Crippen molar-refractivity contribution in [1.82, 2.24) is 14.8 Å². The van der Waals surface area contributed by atoms with E-state index in [9.17, 15) is 18.0 Å². The van der Waals surface area contributed by atoms with Crippen LogP contribution < -0.4 is 10.4 Å². The van der Waals surface area contributed by atoms with Gasteiger partial charge >= 0.3 is 11.9 Å². The third kappa shape index (κ3) is 3.25. The van der Waals surface area contributed by atoms with Crippen molar-refractivity contribution >= 4 is 11.6 Å². The molecule has 0 fully saturated rings. The van der Waals surface area contributed by atoms with Crippen molar-refractivity contribution in [3.8, 4) is 22.8 Å². The normalized spacial score (nSPS) is 11.6. The van der Waals surface area contributed by atoms with E-state index < -0.39 is 17.4 Å². The van der Waals surface area contributed by atoms with E-state index in [0.717, 1.165) is 12.1 Å². The van der Waals surface area contributed by atoms with Crippen LogP contribution in [0.15, 0.2) is 47.3 Å². The van der Waals surface area contributed by atoms with Gasteiger partial charge in [-0.1, -0.05) is 23.7 Å². The van der Waals surface area contributed by atoms with Gasteiger partial charge in [-0.3, -0.25) is 0 Å². The lowest BCUT2D eigenvalue weighted by molar-refractivity contribution is -0.137. The van der Waals surface area contributed by atoms with Gasteiger partial charge < -0.3 is 4.74 Å². The summed E-state index contributed by atoms with van der Waals surface area (Å²) in [7, 11) is 1.43. The van der Waals surface area contributed by atoms with Crippen LogP contribution in [0.4, 0.5) is 13.2 Å². The maximum atomic E-state index is 12.7. The van der Waals surface area contributed by atoms with Crippen LogP contribution in [0.25, 0.3) is 17.1 Å². The SMILES string of the molecule is COc1ccc(Cl)cc1-n1c(-c2ccc(C(F)(F)F)cc2)n[nH]c1=O. The van der Waals surface area contributed by atoms with Gasteiger partial charge in [-0.05, 0) is 30.3 Å². The van der Waals surface area contributed by atoms with Crippen LogP contribution >= 0.6 is 11.6 Å². The molecule has 3 rings (SSSR count). The molecule has 0 aliphatic carbocycles. The maximum absolute atomic E-state index is 12.7. The fourth-order valence-electron chi connectivity index (χ4n) is 2.36. The van der Waals surface area contributed by atoms with Gasteiger partial charge in [0, 0.05) is 10.6 Å². The average molecular weight is 370 g/mol. The molecule has 0 spiro atoms. The molecule has 0 unspecified atom stereocenters. The number of aromatic amines is 1. The number of aromatic nitrogens is 3. The minimum absolute atomic E-state index is 0.138. The topological polar surface area (TPSA) is 59.9 Å². The van der Waals surface area contributed by atoms with Crippen LogP contribution in [-0.2, 0) is 6.18 Å². The maximum Gasteiger partial charge on any atom is 0.416 e. The van der Waals surface area contributed by atoms with Crippen molar-refractivity contribution in [2.45, 2.75) is 6.18 Å². The number of halogens is 4. The number of alkyl halides is 3. The molecule has 1 aromatic heterocycles. The summed E-state index contributed by atoms with van der Waals surface area (Å²) < 4.78 is 44.5. The fourth-order valence-corrected chi connectivity index (χ4v) is 2.53. The first-order valence-corrected chi connectivity index (χ1v) is 7.38. The van der Waals surface area contributed by atoms with Crippen molar-refractivity contribution in [2.75, 3.05) is 7.11 Å². The summed E-state index contributed by atoms with van der Waals surface area (Å²) in [6.07, 6.45) is -4.44. The van der Waals surface area contributed by atoms with E-state index in [0.29, 0.717) is 22.0 Å². The zero-order valence-electron chi connectivity index (χ0n) is 12.8. The predicted octanol–water partition coefficient (Wildman–Crippen LogP) is 3.91. The zero-order valence-corrected chi connectivity index (χ0v) is 13.5. The number of hydrogen-bond acceptors (Lipinski definition) is 3. The monoisotopic (exact) mass is 369 g/mol. The van der Waals surface area contributed by atoms with E-state index in [4.69, 9.17) is 16.3 Å². The molecule has 0 radical (unpaired) electrons. The highest BCUT2D eigenvalue weighted by Crippen LogP contribution is 2.32. The molecule has 0 amide bonds. The molecule has 0 aliphatic rings. The van der Waals surface area contributed by atoms with Gasteiger partial charge in [0.15, 0.2) is 5.82 Å². The van der Waals surface area contributed by atoms with Crippen LogP contribution in [0.2, 0.25) is 5.02 Å². The van der Waals surface area contributed by atoms with Gasteiger partial charge in [0.05, 0.1) is 18.4 Å². The second-order valence-electron chi connectivity index (χ2n) is 5.08. The molecule has 1 heterocycles. The van der Waals surface area contributed by atoms with Gasteiger partial charge in [-0.25, -0.2) is 14.5 Å². The summed E-state index contributed by atoms with van der Waals surface area (Å²) in [4.78, 5) is 12.2. The van der Waals surface area contributed by atoms with Gasteiger partial charge in [-0.15, -0.1) is 0 Å². The Bertz CT molecular complexity index is 962. The average Bonchev–Trinajstić information content (AvgIpc) is 2.95. The largest absolute Gasteiger partial charge is 0.495 e. The molecule has 1 N–H and O–H groups in total.